The first-order valence-electron chi connectivity index (χ1n) is 5.62. The van der Waals surface area contributed by atoms with E-state index in [-0.39, 0.29) is 0 Å². The number of benzene rings is 1. The van der Waals surface area contributed by atoms with Crippen LogP contribution in [-0.4, -0.2) is 11.5 Å². The Balaban J connectivity index is 2.18. The molecule has 1 N–H and O–H groups in total. The SMILES string of the molecule is Brc1ccc2nccc(C3CCCN3)c2c1. The quantitative estimate of drug-likeness (QED) is 0.864. The predicted molar refractivity (Wildman–Crippen MR) is 69.4 cm³/mol. The highest BCUT2D eigenvalue weighted by molar-refractivity contribution is 9.10. The Morgan fingerprint density at radius 1 is 1.31 bits per heavy atom. The maximum absolute atomic E-state index is 4.41. The molecule has 0 saturated carbocycles. The van der Waals surface area contributed by atoms with Gasteiger partial charge in [0, 0.05) is 22.1 Å². The number of rotatable bonds is 1. The summed E-state index contributed by atoms with van der Waals surface area (Å²) in [6, 6.07) is 8.91. The van der Waals surface area contributed by atoms with Crippen LogP contribution in [0.3, 0.4) is 0 Å². The largest absolute Gasteiger partial charge is 0.310 e. The molecule has 0 spiro atoms. The summed E-state index contributed by atoms with van der Waals surface area (Å²) in [4.78, 5) is 4.41. The molecule has 1 aliphatic heterocycles. The zero-order valence-electron chi connectivity index (χ0n) is 8.91. The molecule has 1 unspecified atom stereocenters. The van der Waals surface area contributed by atoms with Gasteiger partial charge in [-0.25, -0.2) is 0 Å². The van der Waals surface area contributed by atoms with Gasteiger partial charge < -0.3 is 5.32 Å². The van der Waals surface area contributed by atoms with Crippen LogP contribution in [-0.2, 0) is 0 Å². The summed E-state index contributed by atoms with van der Waals surface area (Å²) in [6.45, 7) is 1.13. The lowest BCUT2D eigenvalue weighted by Gasteiger charge is -2.13. The molecule has 2 nitrogen and oxygen atoms in total. The van der Waals surface area contributed by atoms with Crippen LogP contribution in [0, 0.1) is 0 Å². The molecule has 1 fully saturated rings. The molecule has 1 atom stereocenters. The van der Waals surface area contributed by atoms with Crippen molar-refractivity contribution in [1.29, 1.82) is 0 Å². The molecule has 0 amide bonds. The van der Waals surface area contributed by atoms with E-state index >= 15 is 0 Å². The average Bonchev–Trinajstić information content (AvgIpc) is 2.81. The highest BCUT2D eigenvalue weighted by atomic mass is 79.9. The minimum absolute atomic E-state index is 0.500. The third kappa shape index (κ3) is 1.74. The van der Waals surface area contributed by atoms with Crippen LogP contribution < -0.4 is 5.32 Å². The first-order valence-corrected chi connectivity index (χ1v) is 6.41. The van der Waals surface area contributed by atoms with Gasteiger partial charge in [0.25, 0.3) is 0 Å². The number of nitrogens with one attached hydrogen (secondary N) is 1. The molecular weight excluding hydrogens is 264 g/mol. The second-order valence-electron chi connectivity index (χ2n) is 4.21. The van der Waals surface area contributed by atoms with Gasteiger partial charge in [0.05, 0.1) is 5.52 Å². The van der Waals surface area contributed by atoms with Crippen molar-refractivity contribution in [1.82, 2.24) is 10.3 Å². The van der Waals surface area contributed by atoms with Crippen molar-refractivity contribution in [2.75, 3.05) is 6.54 Å². The Morgan fingerprint density at radius 2 is 2.25 bits per heavy atom. The number of pyridine rings is 1. The molecule has 0 bridgehead atoms. The van der Waals surface area contributed by atoms with Crippen LogP contribution in [0.25, 0.3) is 10.9 Å². The Hall–Kier alpha value is -0.930. The van der Waals surface area contributed by atoms with Gasteiger partial charge in [-0.05, 0) is 49.2 Å². The van der Waals surface area contributed by atoms with Gasteiger partial charge in [-0.2, -0.15) is 0 Å². The molecule has 1 aliphatic rings. The van der Waals surface area contributed by atoms with Gasteiger partial charge in [-0.15, -0.1) is 0 Å². The number of aromatic nitrogens is 1. The van der Waals surface area contributed by atoms with Crippen molar-refractivity contribution in [2.24, 2.45) is 0 Å². The van der Waals surface area contributed by atoms with Crippen LogP contribution in [0.1, 0.15) is 24.4 Å². The van der Waals surface area contributed by atoms with Crippen molar-refractivity contribution in [2.45, 2.75) is 18.9 Å². The summed E-state index contributed by atoms with van der Waals surface area (Å²) < 4.78 is 1.12. The van der Waals surface area contributed by atoms with Crippen LogP contribution >= 0.6 is 15.9 Å². The van der Waals surface area contributed by atoms with E-state index in [1.807, 2.05) is 12.3 Å². The van der Waals surface area contributed by atoms with Gasteiger partial charge in [-0.3, -0.25) is 4.98 Å². The number of halogens is 1. The van der Waals surface area contributed by atoms with E-state index in [2.05, 4.69) is 44.4 Å². The van der Waals surface area contributed by atoms with Gasteiger partial charge in [0.2, 0.25) is 0 Å². The molecule has 0 radical (unpaired) electrons. The van der Waals surface area contributed by atoms with Crippen molar-refractivity contribution in [3.05, 3.63) is 40.5 Å². The second-order valence-corrected chi connectivity index (χ2v) is 5.13. The smallest absolute Gasteiger partial charge is 0.0706 e. The molecule has 2 aromatic rings. The van der Waals surface area contributed by atoms with Crippen LogP contribution in [0.5, 0.6) is 0 Å². The number of fused-ring (bicyclic) bond motifs is 1. The van der Waals surface area contributed by atoms with Crippen molar-refractivity contribution >= 4 is 26.8 Å². The fourth-order valence-corrected chi connectivity index (χ4v) is 2.75. The zero-order valence-corrected chi connectivity index (χ0v) is 10.5. The summed E-state index contributed by atoms with van der Waals surface area (Å²) in [5.41, 5.74) is 2.46. The van der Waals surface area contributed by atoms with E-state index in [4.69, 9.17) is 0 Å². The maximum atomic E-state index is 4.41. The summed E-state index contributed by atoms with van der Waals surface area (Å²) in [5.74, 6) is 0. The lowest BCUT2D eigenvalue weighted by Crippen LogP contribution is -2.13. The first kappa shape index (κ1) is 10.2. The highest BCUT2D eigenvalue weighted by Gasteiger charge is 2.18. The molecule has 0 aliphatic carbocycles. The molecule has 82 valence electrons. The molecule has 3 rings (SSSR count). The van der Waals surface area contributed by atoms with Gasteiger partial charge in [-0.1, -0.05) is 15.9 Å². The topological polar surface area (TPSA) is 24.9 Å². The average molecular weight is 277 g/mol. The molecule has 2 heterocycles. The molecular formula is C13H13BrN2. The van der Waals surface area contributed by atoms with E-state index < -0.39 is 0 Å². The number of hydrogen-bond acceptors (Lipinski definition) is 2. The van der Waals surface area contributed by atoms with E-state index in [1.54, 1.807) is 0 Å². The zero-order chi connectivity index (χ0) is 11.0. The van der Waals surface area contributed by atoms with Crippen LogP contribution in [0.15, 0.2) is 34.9 Å². The van der Waals surface area contributed by atoms with E-state index in [1.165, 1.54) is 23.8 Å². The number of nitrogens with zero attached hydrogens (tertiary/aromatic N) is 1. The van der Waals surface area contributed by atoms with E-state index in [0.717, 1.165) is 16.5 Å². The van der Waals surface area contributed by atoms with Crippen molar-refractivity contribution in [3.8, 4) is 0 Å². The minimum atomic E-state index is 0.500. The molecule has 1 saturated heterocycles. The van der Waals surface area contributed by atoms with Crippen LogP contribution in [0.2, 0.25) is 0 Å². The summed E-state index contributed by atoms with van der Waals surface area (Å²) >= 11 is 3.53. The van der Waals surface area contributed by atoms with E-state index in [0.29, 0.717) is 6.04 Å². The summed E-state index contributed by atoms with van der Waals surface area (Å²) in [6.07, 6.45) is 4.40. The van der Waals surface area contributed by atoms with Gasteiger partial charge >= 0.3 is 0 Å². The Kier molecular flexibility index (Phi) is 2.65. The van der Waals surface area contributed by atoms with Gasteiger partial charge in [0.1, 0.15) is 0 Å². The Morgan fingerprint density at radius 3 is 3.06 bits per heavy atom. The fraction of sp³-hybridized carbons (Fsp3) is 0.308. The lowest BCUT2D eigenvalue weighted by molar-refractivity contribution is 0.652. The summed E-state index contributed by atoms with van der Waals surface area (Å²) in [7, 11) is 0. The standard InChI is InChI=1S/C13H13BrN2/c14-9-3-4-13-11(8-9)10(5-7-16-13)12-2-1-6-15-12/h3-5,7-8,12,15H,1-2,6H2. The minimum Gasteiger partial charge on any atom is -0.310 e. The van der Waals surface area contributed by atoms with Crippen molar-refractivity contribution in [3.63, 3.8) is 0 Å². The Bertz CT molecular complexity index is 518. The monoisotopic (exact) mass is 276 g/mol. The fourth-order valence-electron chi connectivity index (χ4n) is 2.39. The molecule has 1 aromatic carbocycles. The first-order chi connectivity index (χ1) is 7.84. The van der Waals surface area contributed by atoms with Gasteiger partial charge in [0.15, 0.2) is 0 Å². The third-order valence-electron chi connectivity index (χ3n) is 3.17. The maximum Gasteiger partial charge on any atom is 0.0706 e. The normalized spacial score (nSPS) is 20.4. The third-order valence-corrected chi connectivity index (χ3v) is 3.67. The molecule has 16 heavy (non-hydrogen) atoms. The lowest BCUT2D eigenvalue weighted by atomic mass is 10.0. The number of hydrogen-bond donors (Lipinski definition) is 1. The van der Waals surface area contributed by atoms with Crippen molar-refractivity contribution < 1.29 is 0 Å². The van der Waals surface area contributed by atoms with E-state index in [9.17, 15) is 0 Å². The second kappa shape index (κ2) is 4.15. The predicted octanol–water partition coefficient (Wildman–Crippen LogP) is 3.42. The molecule has 3 heteroatoms. The highest BCUT2D eigenvalue weighted by Crippen LogP contribution is 2.30. The Labute approximate surface area is 103 Å². The molecule has 1 aromatic heterocycles. The summed E-state index contributed by atoms with van der Waals surface area (Å²) in [5, 5.41) is 4.80. The van der Waals surface area contributed by atoms with Crippen LogP contribution in [0.4, 0.5) is 0 Å².